The number of alkyl halides is 3. The molecule has 2 aromatic carbocycles. The smallest absolute Gasteiger partial charge is 0.416 e. The molecule has 0 saturated heterocycles. The molecule has 26 heavy (non-hydrogen) atoms. The predicted octanol–water partition coefficient (Wildman–Crippen LogP) is 3.64. The molecular formula is C18H14F3N3O2. The largest absolute Gasteiger partial charge is 0.481 e. The summed E-state index contributed by atoms with van der Waals surface area (Å²) in [5.41, 5.74) is 1.02. The van der Waals surface area contributed by atoms with Gasteiger partial charge in [-0.05, 0) is 17.7 Å². The molecule has 0 radical (unpaired) electrons. The van der Waals surface area contributed by atoms with Crippen LogP contribution >= 0.6 is 0 Å². The Labute approximate surface area is 146 Å². The van der Waals surface area contributed by atoms with Crippen molar-refractivity contribution in [3.63, 3.8) is 0 Å². The first-order chi connectivity index (χ1) is 12.3. The molecule has 8 heteroatoms. The number of halogens is 3. The Bertz CT molecular complexity index is 921. The lowest BCUT2D eigenvalue weighted by molar-refractivity contribution is -0.138. The van der Waals surface area contributed by atoms with E-state index in [1.165, 1.54) is 16.8 Å². The van der Waals surface area contributed by atoms with Gasteiger partial charge in [0.15, 0.2) is 0 Å². The summed E-state index contributed by atoms with van der Waals surface area (Å²) in [5, 5.41) is 17.2. The summed E-state index contributed by atoms with van der Waals surface area (Å²) < 4.78 is 39.9. The Morgan fingerprint density at radius 3 is 2.46 bits per heavy atom. The summed E-state index contributed by atoms with van der Waals surface area (Å²) in [7, 11) is 0. The molecule has 1 heterocycles. The van der Waals surface area contributed by atoms with Gasteiger partial charge < -0.3 is 5.11 Å². The van der Waals surface area contributed by atoms with Crippen molar-refractivity contribution in [2.24, 2.45) is 0 Å². The Morgan fingerprint density at radius 1 is 1.08 bits per heavy atom. The molecule has 0 bridgehead atoms. The minimum absolute atomic E-state index is 0.00757. The van der Waals surface area contributed by atoms with E-state index in [1.54, 1.807) is 24.3 Å². The standard InChI is InChI=1S/C18H14F3N3O2/c19-18(20,21)14-8-4-5-12(9-14)11-24-15(10-16(25)26)17(22-23-24)13-6-2-1-3-7-13/h1-9H,10-11H2,(H,25,26). The lowest BCUT2D eigenvalue weighted by atomic mass is 10.1. The van der Waals surface area contributed by atoms with Crippen molar-refractivity contribution < 1.29 is 23.1 Å². The first-order valence-electron chi connectivity index (χ1n) is 7.70. The van der Waals surface area contributed by atoms with E-state index in [9.17, 15) is 23.1 Å². The van der Waals surface area contributed by atoms with Gasteiger partial charge >= 0.3 is 12.1 Å². The maximum Gasteiger partial charge on any atom is 0.416 e. The predicted molar refractivity (Wildman–Crippen MR) is 87.3 cm³/mol. The number of hydrogen-bond donors (Lipinski definition) is 1. The number of carboxylic acid groups (broad SMARTS) is 1. The fraction of sp³-hybridized carbons (Fsp3) is 0.167. The molecule has 0 spiro atoms. The minimum Gasteiger partial charge on any atom is -0.481 e. The summed E-state index contributed by atoms with van der Waals surface area (Å²) in [6.07, 6.45) is -4.78. The molecule has 0 aliphatic rings. The van der Waals surface area contributed by atoms with E-state index in [0.29, 0.717) is 22.5 Å². The van der Waals surface area contributed by atoms with Crippen LogP contribution in [0.1, 0.15) is 16.8 Å². The molecule has 3 aromatic rings. The van der Waals surface area contributed by atoms with Crippen molar-refractivity contribution in [1.29, 1.82) is 0 Å². The number of aliphatic carboxylic acids is 1. The molecular weight excluding hydrogens is 347 g/mol. The van der Waals surface area contributed by atoms with Gasteiger partial charge in [0, 0.05) is 5.56 Å². The van der Waals surface area contributed by atoms with Crippen LogP contribution in [0.4, 0.5) is 13.2 Å². The second-order valence-electron chi connectivity index (χ2n) is 5.68. The average molecular weight is 361 g/mol. The number of nitrogens with zero attached hydrogens (tertiary/aromatic N) is 3. The summed E-state index contributed by atoms with van der Waals surface area (Å²) >= 11 is 0. The second kappa shape index (κ2) is 6.99. The fourth-order valence-corrected chi connectivity index (χ4v) is 2.62. The summed E-state index contributed by atoms with van der Waals surface area (Å²) in [4.78, 5) is 11.2. The van der Waals surface area contributed by atoms with E-state index in [2.05, 4.69) is 10.3 Å². The van der Waals surface area contributed by atoms with E-state index in [1.807, 2.05) is 6.07 Å². The summed E-state index contributed by atoms with van der Waals surface area (Å²) in [6.45, 7) is -0.00757. The van der Waals surface area contributed by atoms with Crippen LogP contribution in [0.25, 0.3) is 11.3 Å². The number of rotatable bonds is 5. The van der Waals surface area contributed by atoms with Crippen LogP contribution in [0.2, 0.25) is 0 Å². The van der Waals surface area contributed by atoms with Gasteiger partial charge in [-0.2, -0.15) is 13.2 Å². The molecule has 0 unspecified atom stereocenters. The molecule has 0 aliphatic carbocycles. The number of carbonyl (C=O) groups is 1. The van der Waals surface area contributed by atoms with Crippen molar-refractivity contribution in [2.75, 3.05) is 0 Å². The van der Waals surface area contributed by atoms with Gasteiger partial charge in [0.1, 0.15) is 5.69 Å². The highest BCUT2D eigenvalue weighted by atomic mass is 19.4. The Balaban J connectivity index is 1.98. The van der Waals surface area contributed by atoms with Gasteiger partial charge in [-0.1, -0.05) is 47.7 Å². The lowest BCUT2D eigenvalue weighted by Crippen LogP contribution is -2.12. The molecule has 1 aromatic heterocycles. The first-order valence-corrected chi connectivity index (χ1v) is 7.70. The average Bonchev–Trinajstić information content (AvgIpc) is 2.97. The minimum atomic E-state index is -4.45. The molecule has 0 aliphatic heterocycles. The Morgan fingerprint density at radius 2 is 1.81 bits per heavy atom. The molecule has 5 nitrogen and oxygen atoms in total. The topological polar surface area (TPSA) is 68.0 Å². The van der Waals surface area contributed by atoms with Crippen LogP contribution in [0.3, 0.4) is 0 Å². The van der Waals surface area contributed by atoms with Gasteiger partial charge in [0.05, 0.1) is 24.2 Å². The van der Waals surface area contributed by atoms with Gasteiger partial charge in [-0.15, -0.1) is 5.10 Å². The van der Waals surface area contributed by atoms with E-state index in [4.69, 9.17) is 0 Å². The SMILES string of the molecule is O=C(O)Cc1c(-c2ccccc2)nnn1Cc1cccc(C(F)(F)F)c1. The number of hydrogen-bond acceptors (Lipinski definition) is 3. The Kier molecular flexibility index (Phi) is 4.75. The lowest BCUT2D eigenvalue weighted by Gasteiger charge is -2.10. The van der Waals surface area contributed by atoms with Crippen molar-refractivity contribution in [1.82, 2.24) is 15.0 Å². The third kappa shape index (κ3) is 3.90. The van der Waals surface area contributed by atoms with E-state index in [0.717, 1.165) is 12.1 Å². The van der Waals surface area contributed by atoms with E-state index >= 15 is 0 Å². The third-order valence-electron chi connectivity index (χ3n) is 3.79. The van der Waals surface area contributed by atoms with Crippen molar-refractivity contribution in [3.8, 4) is 11.3 Å². The highest BCUT2D eigenvalue weighted by molar-refractivity contribution is 5.73. The van der Waals surface area contributed by atoms with E-state index < -0.39 is 17.7 Å². The molecule has 1 N–H and O–H groups in total. The van der Waals surface area contributed by atoms with Crippen LogP contribution in [0.5, 0.6) is 0 Å². The van der Waals surface area contributed by atoms with Gasteiger partial charge in [0.25, 0.3) is 0 Å². The molecule has 134 valence electrons. The van der Waals surface area contributed by atoms with Gasteiger partial charge in [0.2, 0.25) is 0 Å². The van der Waals surface area contributed by atoms with Crippen LogP contribution < -0.4 is 0 Å². The van der Waals surface area contributed by atoms with Crippen LogP contribution in [-0.4, -0.2) is 26.1 Å². The number of aromatic nitrogens is 3. The first kappa shape index (κ1) is 17.7. The quantitative estimate of drug-likeness (QED) is 0.753. The summed E-state index contributed by atoms with van der Waals surface area (Å²) in [5.74, 6) is -1.07. The molecule has 0 amide bonds. The monoisotopic (exact) mass is 361 g/mol. The van der Waals surface area contributed by atoms with Gasteiger partial charge in [-0.3, -0.25) is 4.79 Å². The second-order valence-corrected chi connectivity index (χ2v) is 5.68. The van der Waals surface area contributed by atoms with Crippen molar-refractivity contribution >= 4 is 5.97 Å². The fourth-order valence-electron chi connectivity index (χ4n) is 2.62. The number of carboxylic acids is 1. The third-order valence-corrected chi connectivity index (χ3v) is 3.79. The van der Waals surface area contributed by atoms with Gasteiger partial charge in [-0.25, -0.2) is 4.68 Å². The van der Waals surface area contributed by atoms with Crippen LogP contribution in [0, 0.1) is 0 Å². The van der Waals surface area contributed by atoms with Crippen molar-refractivity contribution in [2.45, 2.75) is 19.1 Å². The maximum atomic E-state index is 12.9. The van der Waals surface area contributed by atoms with Crippen LogP contribution in [0.15, 0.2) is 54.6 Å². The summed E-state index contributed by atoms with van der Waals surface area (Å²) in [6, 6.07) is 13.8. The highest BCUT2D eigenvalue weighted by Gasteiger charge is 2.30. The molecule has 3 rings (SSSR count). The zero-order chi connectivity index (χ0) is 18.7. The Hall–Kier alpha value is -3.16. The normalized spacial score (nSPS) is 11.5. The van der Waals surface area contributed by atoms with Crippen LogP contribution in [-0.2, 0) is 23.9 Å². The number of benzene rings is 2. The molecule has 0 fully saturated rings. The molecule has 0 atom stereocenters. The zero-order valence-corrected chi connectivity index (χ0v) is 13.4. The van der Waals surface area contributed by atoms with E-state index in [-0.39, 0.29) is 13.0 Å². The van der Waals surface area contributed by atoms with Crippen molar-refractivity contribution in [3.05, 3.63) is 71.4 Å². The maximum absolute atomic E-state index is 12.9. The highest BCUT2D eigenvalue weighted by Crippen LogP contribution is 2.30. The zero-order valence-electron chi connectivity index (χ0n) is 13.4. The molecule has 0 saturated carbocycles.